The fourth-order valence-corrected chi connectivity index (χ4v) is 5.00. The lowest BCUT2D eigenvalue weighted by Crippen LogP contribution is -2.14. The average Bonchev–Trinajstić information content (AvgIpc) is 2.92. The predicted octanol–water partition coefficient (Wildman–Crippen LogP) is 7.04. The van der Waals surface area contributed by atoms with Gasteiger partial charge in [0.1, 0.15) is 12.4 Å². The molecular formula is C30H24ClNO6S. The van der Waals surface area contributed by atoms with E-state index in [1.54, 1.807) is 11.8 Å². The summed E-state index contributed by atoms with van der Waals surface area (Å²) in [5.41, 5.74) is 1.34. The maximum absolute atomic E-state index is 12.4. The normalized spacial score (nSPS) is 10.6. The van der Waals surface area contributed by atoms with Crippen LogP contribution >= 0.6 is 23.4 Å². The molecule has 0 aliphatic heterocycles. The maximum atomic E-state index is 12.4. The van der Waals surface area contributed by atoms with Gasteiger partial charge in [-0.05, 0) is 66.1 Å². The van der Waals surface area contributed by atoms with Crippen LogP contribution < -0.4 is 10.1 Å². The molecule has 0 bridgehead atoms. The van der Waals surface area contributed by atoms with E-state index in [2.05, 4.69) is 5.32 Å². The number of ether oxygens (including phenoxy) is 1. The number of carbonyl (C=O) groups excluding carboxylic acids is 1. The minimum Gasteiger partial charge on any atom is -0.489 e. The fourth-order valence-electron chi connectivity index (χ4n) is 3.76. The Hall–Kier alpha value is -4.27. The van der Waals surface area contributed by atoms with Crippen molar-refractivity contribution in [1.82, 2.24) is 0 Å². The molecule has 1 amide bonds. The molecule has 0 heterocycles. The third-order valence-corrected chi connectivity index (χ3v) is 7.03. The molecule has 0 fully saturated rings. The number of nitrogens with one attached hydrogen (secondary N) is 1. The number of anilines is 1. The van der Waals surface area contributed by atoms with Crippen LogP contribution in [0.1, 0.15) is 38.3 Å². The Morgan fingerprint density at radius 3 is 2.26 bits per heavy atom. The Morgan fingerprint density at radius 2 is 1.54 bits per heavy atom. The molecule has 0 radical (unpaired) electrons. The van der Waals surface area contributed by atoms with E-state index in [1.807, 2.05) is 72.8 Å². The van der Waals surface area contributed by atoms with E-state index in [1.165, 1.54) is 6.07 Å². The minimum absolute atomic E-state index is 0.107. The Balaban J connectivity index is 1.33. The first-order valence-electron chi connectivity index (χ1n) is 11.9. The van der Waals surface area contributed by atoms with Gasteiger partial charge in [-0.3, -0.25) is 4.79 Å². The zero-order valence-corrected chi connectivity index (χ0v) is 22.2. The van der Waals surface area contributed by atoms with Crippen molar-refractivity contribution in [1.29, 1.82) is 0 Å². The topological polar surface area (TPSA) is 113 Å². The van der Waals surface area contributed by atoms with Gasteiger partial charge in [-0.2, -0.15) is 0 Å². The van der Waals surface area contributed by atoms with Crippen LogP contribution in [0.25, 0.3) is 0 Å². The van der Waals surface area contributed by atoms with Crippen molar-refractivity contribution in [2.45, 2.75) is 29.2 Å². The average molecular weight is 562 g/mol. The molecule has 7 nitrogen and oxygen atoms in total. The zero-order valence-electron chi connectivity index (χ0n) is 20.6. The van der Waals surface area contributed by atoms with E-state index in [4.69, 9.17) is 21.4 Å². The van der Waals surface area contributed by atoms with E-state index in [9.17, 15) is 19.5 Å². The Kier molecular flexibility index (Phi) is 9.25. The molecule has 3 N–H and O–H groups in total. The van der Waals surface area contributed by atoms with Gasteiger partial charge in [-0.1, -0.05) is 65.8 Å². The van der Waals surface area contributed by atoms with Crippen LogP contribution in [0, 0.1) is 0 Å². The monoisotopic (exact) mass is 561 g/mol. The van der Waals surface area contributed by atoms with Crippen molar-refractivity contribution in [3.05, 3.63) is 118 Å². The highest BCUT2D eigenvalue weighted by Crippen LogP contribution is 2.33. The van der Waals surface area contributed by atoms with E-state index in [-0.39, 0.29) is 23.6 Å². The summed E-state index contributed by atoms with van der Waals surface area (Å²) in [4.78, 5) is 36.9. The summed E-state index contributed by atoms with van der Waals surface area (Å²) in [7, 11) is 0. The number of rotatable bonds is 11. The van der Waals surface area contributed by atoms with Gasteiger partial charge in [0.2, 0.25) is 5.91 Å². The van der Waals surface area contributed by atoms with E-state index in [0.717, 1.165) is 38.8 Å². The van der Waals surface area contributed by atoms with Crippen LogP contribution in [0.15, 0.2) is 101 Å². The van der Waals surface area contributed by atoms with Crippen LogP contribution in [0.2, 0.25) is 5.02 Å². The molecule has 198 valence electrons. The van der Waals surface area contributed by atoms with Gasteiger partial charge >= 0.3 is 11.9 Å². The van der Waals surface area contributed by atoms with Crippen LogP contribution in [0.5, 0.6) is 5.75 Å². The van der Waals surface area contributed by atoms with Crippen LogP contribution in [0.4, 0.5) is 5.69 Å². The van der Waals surface area contributed by atoms with Crippen molar-refractivity contribution in [3.8, 4) is 5.75 Å². The van der Waals surface area contributed by atoms with Gasteiger partial charge in [0, 0.05) is 26.9 Å². The molecule has 4 rings (SSSR count). The fraction of sp³-hybridized carbons (Fsp3) is 0.100. The molecule has 0 spiro atoms. The lowest BCUT2D eigenvalue weighted by Gasteiger charge is -2.10. The number of halogens is 1. The Labute approximate surface area is 234 Å². The van der Waals surface area contributed by atoms with Crippen molar-refractivity contribution < 1.29 is 29.3 Å². The molecule has 0 saturated carbocycles. The number of aromatic carboxylic acids is 2. The Bertz CT molecular complexity index is 1510. The maximum Gasteiger partial charge on any atom is 0.336 e. The molecule has 0 aromatic heterocycles. The molecular weight excluding hydrogens is 538 g/mol. The van der Waals surface area contributed by atoms with Gasteiger partial charge in [-0.25, -0.2) is 9.59 Å². The number of hydrogen-bond acceptors (Lipinski definition) is 5. The predicted molar refractivity (Wildman–Crippen MR) is 150 cm³/mol. The zero-order chi connectivity index (χ0) is 27.8. The van der Waals surface area contributed by atoms with E-state index in [0.29, 0.717) is 18.1 Å². The highest BCUT2D eigenvalue weighted by Gasteiger charge is 2.17. The molecule has 39 heavy (non-hydrogen) atoms. The van der Waals surface area contributed by atoms with E-state index < -0.39 is 17.5 Å². The molecule has 0 aliphatic rings. The van der Waals surface area contributed by atoms with Gasteiger partial charge in [-0.15, -0.1) is 0 Å². The second-order valence-corrected chi connectivity index (χ2v) is 10.1. The SMILES string of the molecule is O=C(CCc1ccc(Sc2cccc(OCc3ccccc3)c2)cc1Cl)Nc1ccc(C(=O)O)c(C(=O)O)c1. The highest BCUT2D eigenvalue weighted by molar-refractivity contribution is 7.99. The summed E-state index contributed by atoms with van der Waals surface area (Å²) >= 11 is 8.05. The summed E-state index contributed by atoms with van der Waals surface area (Å²) in [6.07, 6.45) is 0.480. The van der Waals surface area contributed by atoms with E-state index >= 15 is 0 Å². The number of aryl methyl sites for hydroxylation is 1. The van der Waals surface area contributed by atoms with Crippen LogP contribution in [-0.2, 0) is 17.8 Å². The van der Waals surface area contributed by atoms with Gasteiger partial charge < -0.3 is 20.3 Å². The first kappa shape index (κ1) is 27.8. The number of carboxylic acids is 2. The Morgan fingerprint density at radius 1 is 0.795 bits per heavy atom. The lowest BCUT2D eigenvalue weighted by atomic mass is 10.1. The van der Waals surface area contributed by atoms with Gasteiger partial charge in [0.25, 0.3) is 0 Å². The third-order valence-electron chi connectivity index (χ3n) is 5.70. The summed E-state index contributed by atoms with van der Waals surface area (Å²) in [5.74, 6) is -2.33. The number of carboxylic acid groups (broad SMARTS) is 2. The molecule has 0 atom stereocenters. The lowest BCUT2D eigenvalue weighted by molar-refractivity contribution is -0.116. The van der Waals surface area contributed by atoms with Gasteiger partial charge in [0.15, 0.2) is 0 Å². The van der Waals surface area contributed by atoms with Crippen molar-refractivity contribution in [2.75, 3.05) is 5.32 Å². The molecule has 0 saturated heterocycles. The summed E-state index contributed by atoms with van der Waals surface area (Å²) in [6.45, 7) is 0.484. The van der Waals surface area contributed by atoms with Crippen molar-refractivity contribution >= 4 is 46.9 Å². The van der Waals surface area contributed by atoms with Crippen LogP contribution in [-0.4, -0.2) is 28.1 Å². The number of benzene rings is 4. The quantitative estimate of drug-likeness (QED) is 0.180. The van der Waals surface area contributed by atoms with Gasteiger partial charge in [0.05, 0.1) is 11.1 Å². The largest absolute Gasteiger partial charge is 0.489 e. The summed E-state index contributed by atoms with van der Waals surface area (Å²) < 4.78 is 5.91. The number of carbonyl (C=O) groups is 3. The summed E-state index contributed by atoms with van der Waals surface area (Å²) in [6, 6.07) is 27.1. The molecule has 0 aliphatic carbocycles. The molecule has 4 aromatic carbocycles. The first-order chi connectivity index (χ1) is 18.8. The second-order valence-electron chi connectivity index (χ2n) is 8.52. The van der Waals surface area contributed by atoms with Crippen molar-refractivity contribution in [2.24, 2.45) is 0 Å². The smallest absolute Gasteiger partial charge is 0.336 e. The molecule has 0 unspecified atom stereocenters. The minimum atomic E-state index is -1.39. The molecule has 4 aromatic rings. The summed E-state index contributed by atoms with van der Waals surface area (Å²) in [5, 5.41) is 21.5. The first-order valence-corrected chi connectivity index (χ1v) is 13.1. The number of hydrogen-bond donors (Lipinski definition) is 3. The number of amides is 1. The third kappa shape index (κ3) is 7.86. The highest BCUT2D eigenvalue weighted by atomic mass is 35.5. The van der Waals surface area contributed by atoms with Crippen LogP contribution in [0.3, 0.4) is 0 Å². The molecule has 9 heteroatoms. The van der Waals surface area contributed by atoms with Crippen molar-refractivity contribution in [3.63, 3.8) is 0 Å². The second kappa shape index (κ2) is 13.0. The standard InChI is InChI=1S/C30H24ClNO6S/c31-27-17-24(39-23-8-4-7-22(16-23)38-18-19-5-2-1-3-6-19)12-9-20(27)10-14-28(33)32-21-11-13-25(29(34)35)26(15-21)30(36)37/h1-9,11-13,15-17H,10,14,18H2,(H,32,33)(H,34,35)(H,36,37).